The average molecular weight is 275 g/mol. The van der Waals surface area contributed by atoms with Crippen LogP contribution in [0.5, 0.6) is 5.75 Å². The fourth-order valence-corrected chi connectivity index (χ4v) is 2.82. The molecule has 0 amide bonds. The quantitative estimate of drug-likeness (QED) is 0.815. The predicted octanol–water partition coefficient (Wildman–Crippen LogP) is 4.24. The molecule has 2 rings (SSSR count). The van der Waals surface area contributed by atoms with Gasteiger partial charge >= 0.3 is 0 Å². The standard InChI is InChI=1S/C18H29NO/c1-15-7-5-6-12-19(15)13-14-20-17-10-8-16(9-11-17)18(2,3)4/h8-11,15H,5-7,12-14H2,1-4H3. The Labute approximate surface area is 124 Å². The van der Waals surface area contributed by atoms with Gasteiger partial charge in [0, 0.05) is 12.6 Å². The fraction of sp³-hybridized carbons (Fsp3) is 0.667. The van der Waals surface area contributed by atoms with E-state index in [1.54, 1.807) is 0 Å². The second-order valence-corrected chi connectivity index (χ2v) is 7.00. The van der Waals surface area contributed by atoms with Gasteiger partial charge in [-0.2, -0.15) is 0 Å². The van der Waals surface area contributed by atoms with Crippen LogP contribution in [0.2, 0.25) is 0 Å². The number of piperidine rings is 1. The van der Waals surface area contributed by atoms with Gasteiger partial charge in [-0.05, 0) is 49.4 Å². The van der Waals surface area contributed by atoms with E-state index in [4.69, 9.17) is 4.74 Å². The number of nitrogens with zero attached hydrogens (tertiary/aromatic N) is 1. The van der Waals surface area contributed by atoms with Gasteiger partial charge in [0.05, 0.1) is 0 Å². The highest BCUT2D eigenvalue weighted by atomic mass is 16.5. The lowest BCUT2D eigenvalue weighted by Gasteiger charge is -2.33. The van der Waals surface area contributed by atoms with Crippen LogP contribution in [0.15, 0.2) is 24.3 Å². The maximum Gasteiger partial charge on any atom is 0.119 e. The maximum atomic E-state index is 5.88. The number of hydrogen-bond acceptors (Lipinski definition) is 2. The van der Waals surface area contributed by atoms with E-state index in [2.05, 4.69) is 56.9 Å². The fourth-order valence-electron chi connectivity index (χ4n) is 2.82. The summed E-state index contributed by atoms with van der Waals surface area (Å²) < 4.78 is 5.88. The summed E-state index contributed by atoms with van der Waals surface area (Å²) >= 11 is 0. The van der Waals surface area contributed by atoms with E-state index in [-0.39, 0.29) is 5.41 Å². The van der Waals surface area contributed by atoms with Crippen molar-refractivity contribution in [1.82, 2.24) is 4.90 Å². The monoisotopic (exact) mass is 275 g/mol. The van der Waals surface area contributed by atoms with Gasteiger partial charge < -0.3 is 4.74 Å². The van der Waals surface area contributed by atoms with Crippen LogP contribution in [0, 0.1) is 0 Å². The van der Waals surface area contributed by atoms with Gasteiger partial charge in [0.15, 0.2) is 0 Å². The minimum absolute atomic E-state index is 0.210. The van der Waals surface area contributed by atoms with E-state index in [9.17, 15) is 0 Å². The molecule has 1 fully saturated rings. The highest BCUT2D eigenvalue weighted by Crippen LogP contribution is 2.24. The summed E-state index contributed by atoms with van der Waals surface area (Å²) in [4.78, 5) is 2.55. The Bertz CT molecular complexity index is 404. The van der Waals surface area contributed by atoms with Crippen LogP contribution in [0.4, 0.5) is 0 Å². The first-order valence-electron chi connectivity index (χ1n) is 7.94. The zero-order chi connectivity index (χ0) is 14.6. The molecule has 0 aromatic heterocycles. The van der Waals surface area contributed by atoms with Crippen molar-refractivity contribution in [2.45, 2.75) is 58.4 Å². The molecule has 1 heterocycles. The molecule has 0 bridgehead atoms. The molecule has 0 aliphatic carbocycles. The van der Waals surface area contributed by atoms with Gasteiger partial charge in [0.2, 0.25) is 0 Å². The Hall–Kier alpha value is -1.02. The number of rotatable bonds is 4. The van der Waals surface area contributed by atoms with Gasteiger partial charge in [-0.3, -0.25) is 4.90 Å². The SMILES string of the molecule is CC1CCCCN1CCOc1ccc(C(C)(C)C)cc1. The molecule has 1 saturated heterocycles. The molecule has 1 aromatic rings. The summed E-state index contributed by atoms with van der Waals surface area (Å²) in [6, 6.07) is 9.27. The Morgan fingerprint density at radius 2 is 1.85 bits per heavy atom. The first-order chi connectivity index (χ1) is 9.47. The van der Waals surface area contributed by atoms with Crippen LogP contribution in [0.3, 0.4) is 0 Å². The maximum absolute atomic E-state index is 5.88. The minimum atomic E-state index is 0.210. The summed E-state index contributed by atoms with van der Waals surface area (Å²) in [6.45, 7) is 12.1. The summed E-state index contributed by atoms with van der Waals surface area (Å²) in [5.41, 5.74) is 1.57. The Morgan fingerprint density at radius 3 is 2.45 bits per heavy atom. The van der Waals surface area contributed by atoms with Crippen LogP contribution in [0.25, 0.3) is 0 Å². The molecule has 112 valence electrons. The summed E-state index contributed by atoms with van der Waals surface area (Å²) in [6.07, 6.45) is 4.05. The second kappa shape index (κ2) is 6.62. The number of ether oxygens (including phenoxy) is 1. The van der Waals surface area contributed by atoms with Crippen molar-refractivity contribution in [3.8, 4) is 5.75 Å². The molecule has 1 unspecified atom stereocenters. The first kappa shape index (κ1) is 15.4. The summed E-state index contributed by atoms with van der Waals surface area (Å²) in [7, 11) is 0. The number of hydrogen-bond donors (Lipinski definition) is 0. The third kappa shape index (κ3) is 4.24. The molecular weight excluding hydrogens is 246 g/mol. The third-order valence-corrected chi connectivity index (χ3v) is 4.31. The van der Waals surface area contributed by atoms with Crippen LogP contribution in [-0.2, 0) is 5.41 Å². The normalized spacial score (nSPS) is 20.9. The molecule has 2 nitrogen and oxygen atoms in total. The smallest absolute Gasteiger partial charge is 0.119 e. The molecule has 2 heteroatoms. The average Bonchev–Trinajstić information content (AvgIpc) is 2.40. The third-order valence-electron chi connectivity index (χ3n) is 4.31. The first-order valence-corrected chi connectivity index (χ1v) is 7.94. The predicted molar refractivity (Wildman–Crippen MR) is 85.5 cm³/mol. The summed E-state index contributed by atoms with van der Waals surface area (Å²) in [5.74, 6) is 0.989. The molecule has 1 aromatic carbocycles. The lowest BCUT2D eigenvalue weighted by atomic mass is 9.87. The molecule has 1 aliphatic rings. The highest BCUT2D eigenvalue weighted by molar-refractivity contribution is 5.31. The van der Waals surface area contributed by atoms with Crippen LogP contribution < -0.4 is 4.74 Å². The largest absolute Gasteiger partial charge is 0.492 e. The molecule has 0 radical (unpaired) electrons. The Morgan fingerprint density at radius 1 is 1.15 bits per heavy atom. The zero-order valence-electron chi connectivity index (χ0n) is 13.5. The van der Waals surface area contributed by atoms with Gasteiger partial charge in [-0.15, -0.1) is 0 Å². The van der Waals surface area contributed by atoms with Crippen LogP contribution >= 0.6 is 0 Å². The van der Waals surface area contributed by atoms with Gasteiger partial charge in [0.25, 0.3) is 0 Å². The number of likely N-dealkylation sites (tertiary alicyclic amines) is 1. The molecule has 0 N–H and O–H groups in total. The van der Waals surface area contributed by atoms with Crippen molar-refractivity contribution in [3.63, 3.8) is 0 Å². The second-order valence-electron chi connectivity index (χ2n) is 7.00. The van der Waals surface area contributed by atoms with Crippen molar-refractivity contribution in [3.05, 3.63) is 29.8 Å². The van der Waals surface area contributed by atoms with E-state index in [0.717, 1.165) is 24.9 Å². The highest BCUT2D eigenvalue weighted by Gasteiger charge is 2.17. The van der Waals surface area contributed by atoms with E-state index < -0.39 is 0 Å². The topological polar surface area (TPSA) is 12.5 Å². The van der Waals surface area contributed by atoms with Gasteiger partial charge in [-0.1, -0.05) is 39.3 Å². The van der Waals surface area contributed by atoms with Crippen molar-refractivity contribution < 1.29 is 4.74 Å². The van der Waals surface area contributed by atoms with E-state index in [0.29, 0.717) is 0 Å². The Kier molecular flexibility index (Phi) is 5.09. The van der Waals surface area contributed by atoms with E-state index in [1.165, 1.54) is 31.4 Å². The summed E-state index contributed by atoms with van der Waals surface area (Å²) in [5, 5.41) is 0. The molecule has 20 heavy (non-hydrogen) atoms. The molecular formula is C18H29NO. The number of benzene rings is 1. The van der Waals surface area contributed by atoms with Gasteiger partial charge in [0.1, 0.15) is 12.4 Å². The van der Waals surface area contributed by atoms with Crippen LogP contribution in [-0.4, -0.2) is 30.6 Å². The van der Waals surface area contributed by atoms with E-state index >= 15 is 0 Å². The van der Waals surface area contributed by atoms with Crippen LogP contribution in [0.1, 0.15) is 52.5 Å². The van der Waals surface area contributed by atoms with Gasteiger partial charge in [-0.25, -0.2) is 0 Å². The zero-order valence-corrected chi connectivity index (χ0v) is 13.5. The van der Waals surface area contributed by atoms with Crippen molar-refractivity contribution >= 4 is 0 Å². The molecule has 0 spiro atoms. The molecule has 0 saturated carbocycles. The van der Waals surface area contributed by atoms with Crippen molar-refractivity contribution in [2.75, 3.05) is 19.7 Å². The minimum Gasteiger partial charge on any atom is -0.492 e. The lowest BCUT2D eigenvalue weighted by molar-refractivity contribution is 0.133. The Balaban J connectivity index is 1.79. The van der Waals surface area contributed by atoms with Crippen molar-refractivity contribution in [2.24, 2.45) is 0 Å². The molecule has 1 aliphatic heterocycles. The van der Waals surface area contributed by atoms with Crippen molar-refractivity contribution in [1.29, 1.82) is 0 Å². The van der Waals surface area contributed by atoms with E-state index in [1.807, 2.05) is 0 Å². The lowest BCUT2D eigenvalue weighted by Crippen LogP contribution is -2.39. The molecule has 1 atom stereocenters.